The Morgan fingerprint density at radius 3 is 1.84 bits per heavy atom. The van der Waals surface area contributed by atoms with Crippen LogP contribution in [0.3, 0.4) is 0 Å². The molecular weight excluding hydrogens is 420 g/mol. The van der Waals surface area contributed by atoms with E-state index in [2.05, 4.69) is 69.3 Å². The second-order valence-corrected chi connectivity index (χ2v) is 14.3. The molecule has 1 heterocycles. The Bertz CT molecular complexity index is 791. The van der Waals surface area contributed by atoms with Gasteiger partial charge in [-0.15, -0.1) is 0 Å². The van der Waals surface area contributed by atoms with E-state index in [1.165, 1.54) is 10.4 Å². The van der Waals surface area contributed by atoms with Crippen molar-refractivity contribution in [2.75, 3.05) is 19.8 Å². The van der Waals surface area contributed by atoms with Crippen LogP contribution >= 0.6 is 0 Å². The van der Waals surface area contributed by atoms with Crippen molar-refractivity contribution in [2.45, 2.75) is 64.1 Å². The van der Waals surface area contributed by atoms with E-state index in [1.807, 2.05) is 19.1 Å². The minimum absolute atomic E-state index is 0.0336. The fourth-order valence-electron chi connectivity index (χ4n) is 4.69. The third-order valence-electron chi connectivity index (χ3n) is 6.41. The number of aliphatic hydroxyl groups is 2. The fourth-order valence-corrected chi connectivity index (χ4v) is 9.38. The van der Waals surface area contributed by atoms with Crippen molar-refractivity contribution in [1.82, 2.24) is 0 Å². The summed E-state index contributed by atoms with van der Waals surface area (Å²) in [6.45, 7) is 11.8. The van der Waals surface area contributed by atoms with Crippen LogP contribution in [0.4, 0.5) is 0 Å². The normalized spacial score (nSPS) is 19.5. The molecule has 5 nitrogen and oxygen atoms in total. The van der Waals surface area contributed by atoms with E-state index < -0.39 is 26.3 Å². The molecule has 32 heavy (non-hydrogen) atoms. The molecule has 1 aliphatic rings. The summed E-state index contributed by atoms with van der Waals surface area (Å²) in [5.41, 5.74) is 0. The number of ether oxygens (including phenoxy) is 2. The van der Waals surface area contributed by atoms with Gasteiger partial charge in [0.05, 0.1) is 19.3 Å². The van der Waals surface area contributed by atoms with Crippen molar-refractivity contribution < 1.29 is 24.1 Å². The van der Waals surface area contributed by atoms with Gasteiger partial charge in [0.2, 0.25) is 0 Å². The van der Waals surface area contributed by atoms with Crippen molar-refractivity contribution in [1.29, 1.82) is 0 Å². The highest BCUT2D eigenvalue weighted by Crippen LogP contribution is 2.37. The van der Waals surface area contributed by atoms with Gasteiger partial charge in [0.25, 0.3) is 8.32 Å². The highest BCUT2D eigenvalue weighted by Gasteiger charge is 2.50. The van der Waals surface area contributed by atoms with Gasteiger partial charge in [0, 0.05) is 6.61 Å². The van der Waals surface area contributed by atoms with Crippen LogP contribution in [0.15, 0.2) is 60.7 Å². The molecular formula is C26H38O5Si. The summed E-state index contributed by atoms with van der Waals surface area (Å²) >= 11 is 0. The van der Waals surface area contributed by atoms with Crippen LogP contribution in [0.25, 0.3) is 0 Å². The zero-order chi connectivity index (χ0) is 23.4. The lowest BCUT2D eigenvalue weighted by atomic mass is 9.97. The van der Waals surface area contributed by atoms with Crippen LogP contribution in [0, 0.1) is 5.92 Å². The molecule has 1 aliphatic heterocycles. The molecule has 6 heteroatoms. The topological polar surface area (TPSA) is 68.2 Å². The van der Waals surface area contributed by atoms with E-state index >= 15 is 0 Å². The quantitative estimate of drug-likeness (QED) is 0.565. The van der Waals surface area contributed by atoms with E-state index in [-0.39, 0.29) is 11.0 Å². The van der Waals surface area contributed by atoms with Gasteiger partial charge in [-0.25, -0.2) is 0 Å². The third-order valence-corrected chi connectivity index (χ3v) is 11.4. The van der Waals surface area contributed by atoms with Gasteiger partial charge >= 0.3 is 0 Å². The van der Waals surface area contributed by atoms with E-state index in [4.69, 9.17) is 13.9 Å². The minimum atomic E-state index is -2.62. The van der Waals surface area contributed by atoms with Gasteiger partial charge in [0.1, 0.15) is 6.10 Å². The summed E-state index contributed by atoms with van der Waals surface area (Å²) in [5.74, 6) is -1.12. The largest absolute Gasteiger partial charge is 0.407 e. The highest BCUT2D eigenvalue weighted by molar-refractivity contribution is 6.99. The van der Waals surface area contributed by atoms with Gasteiger partial charge in [-0.2, -0.15) is 0 Å². The summed E-state index contributed by atoms with van der Waals surface area (Å²) in [7, 11) is -2.62. The zero-order valence-corrected chi connectivity index (χ0v) is 21.0. The molecule has 176 valence electrons. The Labute approximate surface area is 193 Å². The molecule has 0 spiro atoms. The molecule has 0 saturated carbocycles. The molecule has 1 saturated heterocycles. The number of rotatable bonds is 9. The molecule has 0 bridgehead atoms. The van der Waals surface area contributed by atoms with Crippen LogP contribution in [0.5, 0.6) is 0 Å². The summed E-state index contributed by atoms with van der Waals surface area (Å²) in [6, 6.07) is 21.0. The van der Waals surface area contributed by atoms with Crippen molar-refractivity contribution in [3.63, 3.8) is 0 Å². The summed E-state index contributed by atoms with van der Waals surface area (Å²) in [5, 5.41) is 23.6. The van der Waals surface area contributed by atoms with Gasteiger partial charge < -0.3 is 24.1 Å². The van der Waals surface area contributed by atoms with E-state index in [9.17, 15) is 10.2 Å². The Hall–Kier alpha value is -1.54. The minimum Gasteiger partial charge on any atom is -0.407 e. The molecule has 2 aromatic rings. The summed E-state index contributed by atoms with van der Waals surface area (Å²) in [4.78, 5) is 0. The third kappa shape index (κ3) is 5.16. The smallest absolute Gasteiger partial charge is 0.261 e. The van der Waals surface area contributed by atoms with Gasteiger partial charge in [-0.1, -0.05) is 88.4 Å². The first-order valence-electron chi connectivity index (χ1n) is 11.5. The molecule has 0 amide bonds. The summed E-state index contributed by atoms with van der Waals surface area (Å²) < 4.78 is 18.0. The zero-order valence-electron chi connectivity index (χ0n) is 20.0. The first kappa shape index (κ1) is 25.1. The second kappa shape index (κ2) is 10.2. The Morgan fingerprint density at radius 1 is 0.938 bits per heavy atom. The predicted octanol–water partition coefficient (Wildman–Crippen LogP) is 3.07. The van der Waals surface area contributed by atoms with Crippen LogP contribution < -0.4 is 10.4 Å². The Balaban J connectivity index is 1.81. The SMILES string of the molecule is C[C@@H](CO[Si](c1ccccc1)(c1ccccc1)C(C)(C)C)C[C@H](O)[C@@H](O)C1(C)OCCO1. The molecule has 0 aromatic heterocycles. The first-order valence-corrected chi connectivity index (χ1v) is 13.4. The molecule has 2 N–H and O–H groups in total. The number of benzene rings is 2. The van der Waals surface area contributed by atoms with Crippen molar-refractivity contribution in [2.24, 2.45) is 5.92 Å². The fraction of sp³-hybridized carbons (Fsp3) is 0.538. The van der Waals surface area contributed by atoms with Gasteiger partial charge in [-0.05, 0) is 34.7 Å². The second-order valence-electron chi connectivity index (χ2n) is 10.0. The lowest BCUT2D eigenvalue weighted by Crippen LogP contribution is -2.66. The molecule has 1 fully saturated rings. The van der Waals surface area contributed by atoms with E-state index in [0.29, 0.717) is 26.2 Å². The number of hydrogen-bond donors (Lipinski definition) is 2. The van der Waals surface area contributed by atoms with E-state index in [1.54, 1.807) is 6.92 Å². The first-order chi connectivity index (χ1) is 15.1. The van der Waals surface area contributed by atoms with Gasteiger partial charge in [0.15, 0.2) is 5.79 Å². The lowest BCUT2D eigenvalue weighted by Gasteiger charge is -2.43. The average Bonchev–Trinajstić information content (AvgIpc) is 3.22. The molecule has 2 aromatic carbocycles. The monoisotopic (exact) mass is 458 g/mol. The van der Waals surface area contributed by atoms with Crippen LogP contribution in [-0.4, -0.2) is 56.3 Å². The van der Waals surface area contributed by atoms with Crippen molar-refractivity contribution in [3.05, 3.63) is 60.7 Å². The standard InChI is InChI=1S/C26H38O5Si/c1-20(18-23(27)24(28)26(5)29-16-17-30-26)19-31-32(25(2,3)4,21-12-8-6-9-13-21)22-14-10-7-11-15-22/h6-15,20,23-24,27-28H,16-19H2,1-5H3/t20-,23+,24-/m1/s1. The maximum Gasteiger partial charge on any atom is 0.261 e. The van der Waals surface area contributed by atoms with E-state index in [0.717, 1.165) is 0 Å². The Morgan fingerprint density at radius 2 is 1.41 bits per heavy atom. The Kier molecular flexibility index (Phi) is 7.96. The van der Waals surface area contributed by atoms with Crippen molar-refractivity contribution >= 4 is 18.7 Å². The number of aliphatic hydroxyl groups excluding tert-OH is 2. The predicted molar refractivity (Wildman–Crippen MR) is 130 cm³/mol. The maximum absolute atomic E-state index is 10.7. The molecule has 0 unspecified atom stereocenters. The maximum atomic E-state index is 10.7. The summed E-state index contributed by atoms with van der Waals surface area (Å²) in [6.07, 6.45) is -1.68. The molecule has 0 aliphatic carbocycles. The average molecular weight is 459 g/mol. The van der Waals surface area contributed by atoms with Crippen LogP contribution in [0.2, 0.25) is 5.04 Å². The highest BCUT2D eigenvalue weighted by atomic mass is 28.4. The van der Waals surface area contributed by atoms with Crippen LogP contribution in [0.1, 0.15) is 41.0 Å². The number of hydrogen-bond acceptors (Lipinski definition) is 5. The van der Waals surface area contributed by atoms with Crippen LogP contribution in [-0.2, 0) is 13.9 Å². The van der Waals surface area contributed by atoms with Gasteiger partial charge in [-0.3, -0.25) is 0 Å². The molecule has 3 rings (SSSR count). The molecule has 0 radical (unpaired) electrons. The molecule has 3 atom stereocenters. The van der Waals surface area contributed by atoms with Crippen molar-refractivity contribution in [3.8, 4) is 0 Å². The lowest BCUT2D eigenvalue weighted by molar-refractivity contribution is -0.232.